The second-order valence-corrected chi connectivity index (χ2v) is 7.33. The number of fused-ring (bicyclic) bond motifs is 1. The molecule has 0 radical (unpaired) electrons. The summed E-state index contributed by atoms with van der Waals surface area (Å²) in [6.07, 6.45) is 1.83. The van der Waals surface area contributed by atoms with Gasteiger partial charge < -0.3 is 14.2 Å². The molecule has 2 aliphatic rings. The summed E-state index contributed by atoms with van der Waals surface area (Å²) in [7, 11) is 1.60. The van der Waals surface area contributed by atoms with Crippen molar-refractivity contribution in [1.29, 1.82) is 0 Å². The lowest BCUT2D eigenvalue weighted by Crippen LogP contribution is -2.08. The van der Waals surface area contributed by atoms with Crippen LogP contribution in [0.15, 0.2) is 82.8 Å². The molecular weight excluding hydrogens is 386 g/mol. The first-order valence-corrected chi connectivity index (χ1v) is 9.83. The van der Waals surface area contributed by atoms with Crippen molar-refractivity contribution in [3.63, 3.8) is 0 Å². The highest BCUT2D eigenvalue weighted by Gasteiger charge is 2.31. The summed E-state index contributed by atoms with van der Waals surface area (Å²) >= 11 is 1.56. The third kappa shape index (κ3) is 3.13. The fourth-order valence-electron chi connectivity index (χ4n) is 3.21. The molecule has 0 amide bonds. The number of rotatable bonds is 3. The Labute approximate surface area is 171 Å². The smallest absolute Gasteiger partial charge is 0.364 e. The van der Waals surface area contributed by atoms with Crippen LogP contribution in [-0.2, 0) is 9.53 Å². The van der Waals surface area contributed by atoms with Gasteiger partial charge in [-0.3, -0.25) is 0 Å². The highest BCUT2D eigenvalue weighted by molar-refractivity contribution is 7.11. The summed E-state index contributed by atoms with van der Waals surface area (Å²) in [5.41, 5.74) is 2.37. The van der Waals surface area contributed by atoms with Crippen LogP contribution in [0.4, 0.5) is 0 Å². The quantitative estimate of drug-likeness (QED) is 0.462. The number of carbonyl (C=O) groups is 1. The van der Waals surface area contributed by atoms with E-state index in [4.69, 9.17) is 14.2 Å². The standard InChI is InChI=1S/C23H15NO4S/c1-26-15-9-10-18-16(12-15)17(13-19(27-18)20-8-5-11-29-20)21-23(25)28-22(24-21)14-6-3-2-4-7-14/h2-13H,1H3. The number of nitrogens with zero attached hydrogens (tertiary/aromatic N) is 1. The van der Waals surface area contributed by atoms with Crippen molar-refractivity contribution in [3.05, 3.63) is 93.8 Å². The SMILES string of the molecule is COc1ccc2c(c1)C(=C1N=C(c3ccccc3)OC1=O)C=C(c1cccs1)O2. The summed E-state index contributed by atoms with van der Waals surface area (Å²) in [5, 5.41) is 1.98. The van der Waals surface area contributed by atoms with Crippen molar-refractivity contribution >= 4 is 34.5 Å². The van der Waals surface area contributed by atoms with Crippen LogP contribution < -0.4 is 9.47 Å². The number of thiophene rings is 1. The summed E-state index contributed by atoms with van der Waals surface area (Å²) in [5.74, 6) is 1.76. The van der Waals surface area contributed by atoms with Gasteiger partial charge in [-0.15, -0.1) is 11.3 Å². The van der Waals surface area contributed by atoms with E-state index in [0.717, 1.165) is 16.0 Å². The van der Waals surface area contributed by atoms with Crippen molar-refractivity contribution in [3.8, 4) is 11.5 Å². The van der Waals surface area contributed by atoms with E-state index < -0.39 is 5.97 Å². The number of methoxy groups -OCH3 is 1. The van der Waals surface area contributed by atoms with Crippen LogP contribution in [0.2, 0.25) is 0 Å². The summed E-state index contributed by atoms with van der Waals surface area (Å²) in [6.45, 7) is 0. The molecule has 5 rings (SSSR count). The molecule has 3 aromatic rings. The minimum absolute atomic E-state index is 0.246. The largest absolute Gasteiger partial charge is 0.497 e. The maximum Gasteiger partial charge on any atom is 0.364 e. The summed E-state index contributed by atoms with van der Waals surface area (Å²) < 4.78 is 16.9. The van der Waals surface area contributed by atoms with E-state index in [-0.39, 0.29) is 5.70 Å². The molecule has 5 nitrogen and oxygen atoms in total. The highest BCUT2D eigenvalue weighted by Crippen LogP contribution is 2.42. The molecule has 3 heterocycles. The first kappa shape index (κ1) is 17.5. The lowest BCUT2D eigenvalue weighted by Gasteiger charge is -2.20. The van der Waals surface area contributed by atoms with Gasteiger partial charge in [0.2, 0.25) is 5.90 Å². The number of esters is 1. The third-order valence-electron chi connectivity index (χ3n) is 4.61. The van der Waals surface area contributed by atoms with Gasteiger partial charge >= 0.3 is 5.97 Å². The normalized spacial score (nSPS) is 17.8. The first-order chi connectivity index (χ1) is 14.2. The molecule has 0 N–H and O–H groups in total. The minimum atomic E-state index is -0.490. The van der Waals surface area contributed by atoms with Crippen LogP contribution in [-0.4, -0.2) is 19.0 Å². The Morgan fingerprint density at radius 2 is 1.86 bits per heavy atom. The zero-order valence-electron chi connectivity index (χ0n) is 15.4. The van der Waals surface area contributed by atoms with Crippen molar-refractivity contribution in [2.45, 2.75) is 0 Å². The van der Waals surface area contributed by atoms with Gasteiger partial charge in [-0.25, -0.2) is 9.79 Å². The molecule has 0 bridgehead atoms. The number of hydrogen-bond acceptors (Lipinski definition) is 6. The van der Waals surface area contributed by atoms with Gasteiger partial charge in [0.25, 0.3) is 0 Å². The van der Waals surface area contributed by atoms with E-state index in [1.807, 2.05) is 72.1 Å². The van der Waals surface area contributed by atoms with Gasteiger partial charge in [0.15, 0.2) is 5.70 Å². The van der Waals surface area contributed by atoms with Crippen LogP contribution in [0.1, 0.15) is 16.0 Å². The Balaban J connectivity index is 1.71. The molecule has 0 saturated carbocycles. The predicted molar refractivity (Wildman–Crippen MR) is 112 cm³/mol. The molecule has 0 atom stereocenters. The Hall–Kier alpha value is -3.64. The lowest BCUT2D eigenvalue weighted by molar-refractivity contribution is -0.129. The predicted octanol–water partition coefficient (Wildman–Crippen LogP) is 4.90. The number of aliphatic imine (C=N–C) groups is 1. The second kappa shape index (κ2) is 7.07. The van der Waals surface area contributed by atoms with Crippen molar-refractivity contribution in [1.82, 2.24) is 0 Å². The van der Waals surface area contributed by atoms with Crippen molar-refractivity contribution < 1.29 is 19.0 Å². The molecule has 0 saturated heterocycles. The zero-order chi connectivity index (χ0) is 19.8. The molecule has 0 aliphatic carbocycles. The second-order valence-electron chi connectivity index (χ2n) is 6.38. The average molecular weight is 401 g/mol. The number of cyclic esters (lactones) is 1. The third-order valence-corrected chi connectivity index (χ3v) is 5.49. The number of ether oxygens (including phenoxy) is 3. The summed E-state index contributed by atoms with van der Waals surface area (Å²) in [4.78, 5) is 18.2. The maximum absolute atomic E-state index is 12.7. The van der Waals surface area contributed by atoms with E-state index in [9.17, 15) is 4.79 Å². The Morgan fingerprint density at radius 1 is 1.00 bits per heavy atom. The Kier molecular flexibility index (Phi) is 4.26. The molecule has 142 valence electrons. The van der Waals surface area contributed by atoms with E-state index >= 15 is 0 Å². The molecular formula is C23H15NO4S. The van der Waals surface area contributed by atoms with Gasteiger partial charge in [-0.05, 0) is 47.9 Å². The molecule has 0 spiro atoms. The van der Waals surface area contributed by atoms with Gasteiger partial charge in [0.05, 0.1) is 12.0 Å². The zero-order valence-corrected chi connectivity index (χ0v) is 16.2. The highest BCUT2D eigenvalue weighted by atomic mass is 32.1. The lowest BCUT2D eigenvalue weighted by atomic mass is 9.98. The van der Waals surface area contributed by atoms with Crippen LogP contribution in [0.3, 0.4) is 0 Å². The molecule has 0 unspecified atom stereocenters. The van der Waals surface area contributed by atoms with Crippen LogP contribution in [0.25, 0.3) is 11.3 Å². The maximum atomic E-state index is 12.7. The van der Waals surface area contributed by atoms with E-state index in [2.05, 4.69) is 4.99 Å². The molecule has 0 fully saturated rings. The van der Waals surface area contributed by atoms with E-state index in [0.29, 0.717) is 28.7 Å². The monoisotopic (exact) mass is 401 g/mol. The summed E-state index contributed by atoms with van der Waals surface area (Å²) in [6, 6.07) is 18.8. The fraction of sp³-hybridized carbons (Fsp3) is 0.0435. The molecule has 2 aromatic carbocycles. The van der Waals surface area contributed by atoms with E-state index in [1.54, 1.807) is 18.4 Å². The van der Waals surface area contributed by atoms with Crippen molar-refractivity contribution in [2.75, 3.05) is 7.11 Å². The number of carbonyl (C=O) groups excluding carboxylic acids is 1. The van der Waals surface area contributed by atoms with Gasteiger partial charge in [0, 0.05) is 16.7 Å². The Bertz CT molecular complexity index is 1190. The minimum Gasteiger partial charge on any atom is -0.497 e. The topological polar surface area (TPSA) is 57.1 Å². The molecule has 29 heavy (non-hydrogen) atoms. The first-order valence-electron chi connectivity index (χ1n) is 8.95. The molecule has 2 aliphatic heterocycles. The van der Waals surface area contributed by atoms with Crippen molar-refractivity contribution in [2.24, 2.45) is 4.99 Å². The number of hydrogen-bond donors (Lipinski definition) is 0. The van der Waals surface area contributed by atoms with Gasteiger partial charge in [-0.2, -0.15) is 0 Å². The fourth-order valence-corrected chi connectivity index (χ4v) is 3.89. The number of allylic oxidation sites excluding steroid dienone is 2. The van der Waals surface area contributed by atoms with Gasteiger partial charge in [0.1, 0.15) is 17.3 Å². The van der Waals surface area contributed by atoms with Crippen LogP contribution in [0, 0.1) is 0 Å². The van der Waals surface area contributed by atoms with Crippen LogP contribution >= 0.6 is 11.3 Å². The molecule has 6 heteroatoms. The molecule has 1 aromatic heterocycles. The average Bonchev–Trinajstić information content (AvgIpc) is 3.43. The Morgan fingerprint density at radius 3 is 2.62 bits per heavy atom. The van der Waals surface area contributed by atoms with E-state index in [1.165, 1.54) is 0 Å². The number of benzene rings is 2. The van der Waals surface area contributed by atoms with Crippen LogP contribution in [0.5, 0.6) is 11.5 Å². The van der Waals surface area contributed by atoms with Gasteiger partial charge in [-0.1, -0.05) is 24.3 Å².